The maximum Gasteiger partial charge on any atom is 0.119 e. The largest absolute Gasteiger partial charge is 0.497 e. The van der Waals surface area contributed by atoms with Gasteiger partial charge in [0, 0.05) is 0 Å². The van der Waals surface area contributed by atoms with Crippen molar-refractivity contribution in [1.29, 1.82) is 0 Å². The Hall–Kier alpha value is -0.980. The summed E-state index contributed by atoms with van der Waals surface area (Å²) >= 11 is 0. The summed E-state index contributed by atoms with van der Waals surface area (Å²) in [7, 11) is 1.73. The topological polar surface area (TPSA) is 9.23 Å². The molecule has 0 radical (unpaired) electrons. The average Bonchev–Trinajstić information content (AvgIpc) is 2.18. The molecule has 0 aliphatic heterocycles. The molecule has 1 atom stereocenters. The van der Waals surface area contributed by atoms with Gasteiger partial charge in [-0.15, -0.1) is 0 Å². The Morgan fingerprint density at radius 1 is 1.38 bits per heavy atom. The third-order valence-electron chi connectivity index (χ3n) is 2.97. The molecule has 1 unspecified atom stereocenters. The second kappa shape index (κ2) is 3.41. The second-order valence-electron chi connectivity index (χ2n) is 3.86. The van der Waals surface area contributed by atoms with Crippen molar-refractivity contribution < 1.29 is 4.74 Å². The first-order chi connectivity index (χ1) is 6.31. The Balaban J connectivity index is 2.41. The van der Waals surface area contributed by atoms with Gasteiger partial charge >= 0.3 is 0 Å². The predicted molar refractivity (Wildman–Crippen MR) is 54.3 cm³/mol. The van der Waals surface area contributed by atoms with Crippen LogP contribution in [0.4, 0.5) is 0 Å². The first-order valence-electron chi connectivity index (χ1n) is 4.98. The van der Waals surface area contributed by atoms with E-state index in [0.29, 0.717) is 5.92 Å². The third-order valence-corrected chi connectivity index (χ3v) is 2.97. The van der Waals surface area contributed by atoms with Crippen molar-refractivity contribution in [1.82, 2.24) is 0 Å². The zero-order chi connectivity index (χ0) is 9.26. The molecule has 0 saturated carbocycles. The van der Waals surface area contributed by atoms with Crippen LogP contribution in [-0.4, -0.2) is 7.11 Å². The Bertz CT molecular complexity index is 304. The van der Waals surface area contributed by atoms with Crippen LogP contribution in [0.3, 0.4) is 0 Å². The molecule has 1 nitrogen and oxygen atoms in total. The monoisotopic (exact) mass is 176 g/mol. The number of fused-ring (bicyclic) bond motifs is 1. The summed E-state index contributed by atoms with van der Waals surface area (Å²) in [6.07, 6.45) is 3.89. The predicted octanol–water partition coefficient (Wildman–Crippen LogP) is 3.14. The molecular formula is C12H16O. The van der Waals surface area contributed by atoms with E-state index >= 15 is 0 Å². The molecule has 1 aliphatic carbocycles. The fourth-order valence-corrected chi connectivity index (χ4v) is 2.14. The maximum absolute atomic E-state index is 5.23. The molecule has 0 fully saturated rings. The van der Waals surface area contributed by atoms with Crippen molar-refractivity contribution in [2.24, 2.45) is 0 Å². The first kappa shape index (κ1) is 8.61. The number of benzene rings is 1. The van der Waals surface area contributed by atoms with E-state index in [1.807, 2.05) is 0 Å². The summed E-state index contributed by atoms with van der Waals surface area (Å²) in [5, 5.41) is 0. The number of methoxy groups -OCH3 is 1. The lowest BCUT2D eigenvalue weighted by molar-refractivity contribution is 0.412. The van der Waals surface area contributed by atoms with Gasteiger partial charge in [-0.2, -0.15) is 0 Å². The van der Waals surface area contributed by atoms with Crippen LogP contribution in [0.5, 0.6) is 5.75 Å². The SMILES string of the molecule is COc1ccc2c(c1)C(C)CCC2. The van der Waals surface area contributed by atoms with E-state index in [-0.39, 0.29) is 0 Å². The minimum absolute atomic E-state index is 0.707. The molecule has 0 bridgehead atoms. The quantitative estimate of drug-likeness (QED) is 0.638. The van der Waals surface area contributed by atoms with Gasteiger partial charge < -0.3 is 4.74 Å². The van der Waals surface area contributed by atoms with Gasteiger partial charge in [-0.1, -0.05) is 13.0 Å². The molecule has 1 heteroatoms. The van der Waals surface area contributed by atoms with Crippen LogP contribution < -0.4 is 4.74 Å². The lowest BCUT2D eigenvalue weighted by Gasteiger charge is -2.22. The smallest absolute Gasteiger partial charge is 0.119 e. The van der Waals surface area contributed by atoms with Crippen molar-refractivity contribution in [3.63, 3.8) is 0 Å². The van der Waals surface area contributed by atoms with Crippen LogP contribution in [0, 0.1) is 0 Å². The van der Waals surface area contributed by atoms with Crippen molar-refractivity contribution in [2.75, 3.05) is 7.11 Å². The maximum atomic E-state index is 5.23. The Kier molecular flexibility index (Phi) is 2.26. The van der Waals surface area contributed by atoms with Gasteiger partial charge in [-0.3, -0.25) is 0 Å². The van der Waals surface area contributed by atoms with E-state index in [2.05, 4.69) is 25.1 Å². The van der Waals surface area contributed by atoms with Crippen molar-refractivity contribution >= 4 is 0 Å². The van der Waals surface area contributed by atoms with Crippen LogP contribution in [-0.2, 0) is 6.42 Å². The summed E-state index contributed by atoms with van der Waals surface area (Å²) in [5.74, 6) is 1.70. The summed E-state index contributed by atoms with van der Waals surface area (Å²) in [6.45, 7) is 2.30. The fraction of sp³-hybridized carbons (Fsp3) is 0.500. The number of hydrogen-bond donors (Lipinski definition) is 0. The zero-order valence-electron chi connectivity index (χ0n) is 8.34. The highest BCUT2D eigenvalue weighted by Crippen LogP contribution is 2.33. The Labute approximate surface area is 79.7 Å². The molecular weight excluding hydrogens is 160 g/mol. The van der Waals surface area contributed by atoms with Crippen molar-refractivity contribution in [3.05, 3.63) is 29.3 Å². The van der Waals surface area contributed by atoms with Crippen LogP contribution in [0.25, 0.3) is 0 Å². The van der Waals surface area contributed by atoms with Crippen LogP contribution in [0.1, 0.15) is 36.8 Å². The second-order valence-corrected chi connectivity index (χ2v) is 3.86. The fourth-order valence-electron chi connectivity index (χ4n) is 2.14. The summed E-state index contributed by atoms with van der Waals surface area (Å²) in [5.41, 5.74) is 3.00. The minimum atomic E-state index is 0.707. The van der Waals surface area contributed by atoms with Gasteiger partial charge in [0.2, 0.25) is 0 Å². The van der Waals surface area contributed by atoms with E-state index in [1.54, 1.807) is 7.11 Å². The molecule has 1 aromatic rings. The molecule has 0 amide bonds. The van der Waals surface area contributed by atoms with E-state index in [1.165, 1.54) is 30.4 Å². The summed E-state index contributed by atoms with van der Waals surface area (Å²) < 4.78 is 5.23. The van der Waals surface area contributed by atoms with Crippen LogP contribution in [0.2, 0.25) is 0 Å². The number of aryl methyl sites for hydroxylation is 1. The summed E-state index contributed by atoms with van der Waals surface area (Å²) in [6, 6.07) is 6.47. The lowest BCUT2D eigenvalue weighted by atomic mass is 9.84. The van der Waals surface area contributed by atoms with Gasteiger partial charge in [-0.25, -0.2) is 0 Å². The standard InChI is InChI=1S/C12H16O/c1-9-4-3-5-10-6-7-11(13-2)8-12(9)10/h6-9H,3-5H2,1-2H3. The highest BCUT2D eigenvalue weighted by Gasteiger charge is 2.16. The molecule has 0 saturated heterocycles. The third kappa shape index (κ3) is 1.55. The van der Waals surface area contributed by atoms with Gasteiger partial charge in [0.05, 0.1) is 7.11 Å². The number of hydrogen-bond acceptors (Lipinski definition) is 1. The zero-order valence-corrected chi connectivity index (χ0v) is 8.34. The number of ether oxygens (including phenoxy) is 1. The van der Waals surface area contributed by atoms with E-state index < -0.39 is 0 Å². The summed E-state index contributed by atoms with van der Waals surface area (Å²) in [4.78, 5) is 0. The molecule has 1 aromatic carbocycles. The first-order valence-corrected chi connectivity index (χ1v) is 4.98. The molecule has 0 spiro atoms. The van der Waals surface area contributed by atoms with Gasteiger partial charge in [0.25, 0.3) is 0 Å². The van der Waals surface area contributed by atoms with Crippen LogP contribution >= 0.6 is 0 Å². The minimum Gasteiger partial charge on any atom is -0.497 e. The number of rotatable bonds is 1. The normalized spacial score (nSPS) is 20.9. The van der Waals surface area contributed by atoms with Crippen LogP contribution in [0.15, 0.2) is 18.2 Å². The molecule has 70 valence electrons. The lowest BCUT2D eigenvalue weighted by Crippen LogP contribution is -2.06. The Morgan fingerprint density at radius 3 is 3.00 bits per heavy atom. The van der Waals surface area contributed by atoms with Crippen molar-refractivity contribution in [2.45, 2.75) is 32.1 Å². The van der Waals surface area contributed by atoms with Gasteiger partial charge in [0.1, 0.15) is 5.75 Å². The average molecular weight is 176 g/mol. The Morgan fingerprint density at radius 2 is 2.23 bits per heavy atom. The molecule has 0 heterocycles. The van der Waals surface area contributed by atoms with Gasteiger partial charge in [0.15, 0.2) is 0 Å². The van der Waals surface area contributed by atoms with Crippen molar-refractivity contribution in [3.8, 4) is 5.75 Å². The van der Waals surface area contributed by atoms with E-state index in [9.17, 15) is 0 Å². The molecule has 0 N–H and O–H groups in total. The van der Waals surface area contributed by atoms with E-state index in [4.69, 9.17) is 4.74 Å². The molecule has 2 rings (SSSR count). The molecule has 1 aliphatic rings. The highest BCUT2D eigenvalue weighted by atomic mass is 16.5. The highest BCUT2D eigenvalue weighted by molar-refractivity contribution is 5.39. The molecule has 0 aromatic heterocycles. The van der Waals surface area contributed by atoms with Gasteiger partial charge in [-0.05, 0) is 48.4 Å². The van der Waals surface area contributed by atoms with E-state index in [0.717, 1.165) is 5.75 Å². The molecule has 13 heavy (non-hydrogen) atoms.